The van der Waals surface area contributed by atoms with Gasteiger partial charge in [-0.25, -0.2) is 0 Å². The van der Waals surface area contributed by atoms with Crippen LogP contribution in [0.1, 0.15) is 35.7 Å². The molecule has 0 N–H and O–H groups in total. The molecule has 2 heteroatoms. The van der Waals surface area contributed by atoms with Crippen LogP contribution < -0.4 is 4.90 Å². The van der Waals surface area contributed by atoms with Crippen molar-refractivity contribution in [2.75, 3.05) is 4.90 Å². The number of anilines is 1. The SMILES string of the molecule is C=C1c2cc(CC)ccc2CN1c1ccc2c(c1)cc1n2CCC1. The Morgan fingerprint density at radius 3 is 2.88 bits per heavy atom. The molecule has 0 saturated heterocycles. The minimum absolute atomic E-state index is 0.928. The van der Waals surface area contributed by atoms with Gasteiger partial charge in [0.15, 0.2) is 0 Å². The van der Waals surface area contributed by atoms with Gasteiger partial charge in [0.25, 0.3) is 0 Å². The van der Waals surface area contributed by atoms with Crippen molar-refractivity contribution in [2.45, 2.75) is 39.3 Å². The van der Waals surface area contributed by atoms with E-state index in [-0.39, 0.29) is 0 Å². The van der Waals surface area contributed by atoms with Gasteiger partial charge in [0.2, 0.25) is 0 Å². The Labute approximate surface area is 143 Å². The lowest BCUT2D eigenvalue weighted by Gasteiger charge is -2.20. The molecule has 0 aliphatic carbocycles. The Kier molecular flexibility index (Phi) is 2.90. The molecule has 120 valence electrons. The first-order valence-corrected chi connectivity index (χ1v) is 8.95. The second kappa shape index (κ2) is 5.01. The van der Waals surface area contributed by atoms with Crippen molar-refractivity contribution >= 4 is 22.3 Å². The Bertz CT molecular complexity index is 977. The Balaban J connectivity index is 1.55. The van der Waals surface area contributed by atoms with E-state index in [1.807, 2.05) is 0 Å². The first-order valence-electron chi connectivity index (χ1n) is 8.95. The minimum atomic E-state index is 0.928. The van der Waals surface area contributed by atoms with E-state index in [1.165, 1.54) is 58.4 Å². The molecule has 0 amide bonds. The predicted molar refractivity (Wildman–Crippen MR) is 101 cm³/mol. The fourth-order valence-electron chi connectivity index (χ4n) is 4.28. The molecular formula is C22H22N2. The third kappa shape index (κ3) is 1.89. The van der Waals surface area contributed by atoms with Gasteiger partial charge in [0, 0.05) is 46.6 Å². The van der Waals surface area contributed by atoms with Gasteiger partial charge in [-0.2, -0.15) is 0 Å². The lowest BCUT2D eigenvalue weighted by Crippen LogP contribution is -2.12. The molecule has 2 aromatic carbocycles. The first kappa shape index (κ1) is 13.9. The number of hydrogen-bond donors (Lipinski definition) is 0. The summed E-state index contributed by atoms with van der Waals surface area (Å²) in [6.07, 6.45) is 3.57. The van der Waals surface area contributed by atoms with E-state index in [1.54, 1.807) is 0 Å². The maximum atomic E-state index is 4.38. The molecule has 2 nitrogen and oxygen atoms in total. The van der Waals surface area contributed by atoms with Crippen LogP contribution in [0.25, 0.3) is 16.6 Å². The van der Waals surface area contributed by atoms with Gasteiger partial charge < -0.3 is 9.47 Å². The molecule has 0 unspecified atom stereocenters. The molecule has 24 heavy (non-hydrogen) atoms. The van der Waals surface area contributed by atoms with E-state index in [9.17, 15) is 0 Å². The summed E-state index contributed by atoms with van der Waals surface area (Å²) < 4.78 is 2.47. The summed E-state index contributed by atoms with van der Waals surface area (Å²) in [4.78, 5) is 2.35. The molecule has 2 aliphatic heterocycles. The number of aryl methyl sites for hydroxylation is 3. The highest BCUT2D eigenvalue weighted by Gasteiger charge is 2.24. The zero-order valence-electron chi connectivity index (χ0n) is 14.2. The van der Waals surface area contributed by atoms with Gasteiger partial charge in [-0.15, -0.1) is 0 Å². The van der Waals surface area contributed by atoms with Gasteiger partial charge >= 0.3 is 0 Å². The zero-order valence-corrected chi connectivity index (χ0v) is 14.2. The largest absolute Gasteiger partial charge is 0.345 e. The van der Waals surface area contributed by atoms with E-state index in [4.69, 9.17) is 0 Å². The Hall–Kier alpha value is -2.48. The normalized spacial score (nSPS) is 16.0. The maximum absolute atomic E-state index is 4.38. The molecule has 0 radical (unpaired) electrons. The molecule has 0 bridgehead atoms. The van der Waals surface area contributed by atoms with E-state index in [0.717, 1.165) is 18.7 Å². The third-order valence-corrected chi connectivity index (χ3v) is 5.64. The zero-order chi connectivity index (χ0) is 16.3. The Morgan fingerprint density at radius 1 is 1.08 bits per heavy atom. The number of hydrogen-bond acceptors (Lipinski definition) is 1. The molecule has 3 aromatic rings. The molecule has 0 spiro atoms. The Morgan fingerprint density at radius 2 is 2.00 bits per heavy atom. The summed E-state index contributed by atoms with van der Waals surface area (Å²) >= 11 is 0. The van der Waals surface area contributed by atoms with Gasteiger partial charge in [-0.1, -0.05) is 25.6 Å². The third-order valence-electron chi connectivity index (χ3n) is 5.64. The summed E-state index contributed by atoms with van der Waals surface area (Å²) in [6, 6.07) is 16.1. The maximum Gasteiger partial charge on any atom is 0.0488 e. The molecule has 3 heterocycles. The van der Waals surface area contributed by atoms with Crippen molar-refractivity contribution in [3.63, 3.8) is 0 Å². The van der Waals surface area contributed by atoms with Crippen LogP contribution in [0.3, 0.4) is 0 Å². The van der Waals surface area contributed by atoms with Crippen molar-refractivity contribution in [2.24, 2.45) is 0 Å². The minimum Gasteiger partial charge on any atom is -0.345 e. The van der Waals surface area contributed by atoms with Crippen LogP contribution in [0.4, 0.5) is 5.69 Å². The van der Waals surface area contributed by atoms with Gasteiger partial charge in [0.1, 0.15) is 0 Å². The summed E-state index contributed by atoms with van der Waals surface area (Å²) in [6.45, 7) is 8.68. The van der Waals surface area contributed by atoms with E-state index in [2.05, 4.69) is 65.4 Å². The summed E-state index contributed by atoms with van der Waals surface area (Å²) in [5, 5.41) is 1.36. The van der Waals surface area contributed by atoms with E-state index < -0.39 is 0 Å². The smallest absolute Gasteiger partial charge is 0.0488 e. The molecule has 2 aliphatic rings. The topological polar surface area (TPSA) is 8.17 Å². The monoisotopic (exact) mass is 314 g/mol. The fraction of sp³-hybridized carbons (Fsp3) is 0.273. The van der Waals surface area contributed by atoms with Crippen molar-refractivity contribution in [3.8, 4) is 0 Å². The lowest BCUT2D eigenvalue weighted by atomic mass is 10.0. The molecule has 5 rings (SSSR count). The first-order chi connectivity index (χ1) is 11.7. The second-order valence-electron chi connectivity index (χ2n) is 7.01. The van der Waals surface area contributed by atoms with Crippen LogP contribution in [-0.2, 0) is 25.9 Å². The number of fused-ring (bicyclic) bond motifs is 4. The quantitative estimate of drug-likeness (QED) is 0.636. The van der Waals surface area contributed by atoms with Gasteiger partial charge in [-0.3, -0.25) is 0 Å². The van der Waals surface area contributed by atoms with Crippen molar-refractivity contribution < 1.29 is 0 Å². The molecule has 0 fully saturated rings. The summed E-state index contributed by atoms with van der Waals surface area (Å²) in [5.41, 5.74) is 9.33. The fourth-order valence-corrected chi connectivity index (χ4v) is 4.28. The lowest BCUT2D eigenvalue weighted by molar-refractivity contribution is 0.772. The van der Waals surface area contributed by atoms with Crippen molar-refractivity contribution in [1.82, 2.24) is 4.57 Å². The second-order valence-corrected chi connectivity index (χ2v) is 7.01. The van der Waals surface area contributed by atoms with Crippen LogP contribution in [-0.4, -0.2) is 4.57 Å². The van der Waals surface area contributed by atoms with E-state index >= 15 is 0 Å². The van der Waals surface area contributed by atoms with E-state index in [0.29, 0.717) is 0 Å². The summed E-state index contributed by atoms with van der Waals surface area (Å²) in [7, 11) is 0. The molecule has 1 aromatic heterocycles. The van der Waals surface area contributed by atoms with Crippen LogP contribution in [0.2, 0.25) is 0 Å². The highest BCUT2D eigenvalue weighted by molar-refractivity contribution is 5.90. The van der Waals surface area contributed by atoms with Crippen molar-refractivity contribution in [3.05, 3.63) is 71.4 Å². The summed E-state index contributed by atoms with van der Waals surface area (Å²) in [5.74, 6) is 0. The number of benzene rings is 2. The van der Waals surface area contributed by atoms with Crippen LogP contribution >= 0.6 is 0 Å². The predicted octanol–water partition coefficient (Wildman–Crippen LogP) is 5.14. The highest BCUT2D eigenvalue weighted by Crippen LogP contribution is 2.38. The molecule has 0 atom stereocenters. The van der Waals surface area contributed by atoms with Crippen molar-refractivity contribution in [1.29, 1.82) is 0 Å². The standard InChI is InChI=1S/C22H22N2/c1-3-16-6-7-17-14-24(15(2)21(17)11-16)20-8-9-22-18(13-20)12-19-5-4-10-23(19)22/h6-9,11-13H,2-5,10,14H2,1H3. The van der Waals surface area contributed by atoms with Crippen LogP contribution in [0.5, 0.6) is 0 Å². The average molecular weight is 314 g/mol. The van der Waals surface area contributed by atoms with Crippen LogP contribution in [0, 0.1) is 0 Å². The number of nitrogens with zero attached hydrogens (tertiary/aromatic N) is 2. The molecule has 0 saturated carbocycles. The average Bonchev–Trinajstić information content (AvgIpc) is 3.27. The number of rotatable bonds is 2. The van der Waals surface area contributed by atoms with Gasteiger partial charge in [-0.05, 0) is 60.7 Å². The van der Waals surface area contributed by atoms with Gasteiger partial charge in [0.05, 0.1) is 0 Å². The van der Waals surface area contributed by atoms with Crippen LogP contribution in [0.15, 0.2) is 49.0 Å². The number of aromatic nitrogens is 1. The highest BCUT2D eigenvalue weighted by atomic mass is 15.2. The molecular weight excluding hydrogens is 292 g/mol.